The monoisotopic (exact) mass is 512 g/mol. The molecule has 0 fully saturated rings. The molecule has 0 saturated carbocycles. The lowest BCUT2D eigenvalue weighted by Crippen LogP contribution is -2.33. The van der Waals surface area contributed by atoms with Crippen molar-refractivity contribution in [3.8, 4) is 17.2 Å². The molecule has 0 aliphatic carbocycles. The van der Waals surface area contributed by atoms with Crippen molar-refractivity contribution in [2.75, 3.05) is 19.7 Å². The number of nitrogens with one attached hydrogen (secondary N) is 1. The maximum absolute atomic E-state index is 11.7. The maximum Gasteiger partial charge on any atom is 0.407 e. The van der Waals surface area contributed by atoms with Crippen molar-refractivity contribution in [2.24, 2.45) is 5.73 Å². The van der Waals surface area contributed by atoms with Gasteiger partial charge in [0, 0.05) is 6.54 Å². The number of rotatable bonds is 9. The van der Waals surface area contributed by atoms with E-state index < -0.39 is 11.7 Å². The van der Waals surface area contributed by atoms with Gasteiger partial charge in [-0.1, -0.05) is 6.07 Å². The zero-order chi connectivity index (χ0) is 21.3. The molecular formula is C22H29IN2O4. The fourth-order valence-corrected chi connectivity index (χ4v) is 3.10. The Morgan fingerprint density at radius 2 is 1.79 bits per heavy atom. The first kappa shape index (κ1) is 23.3. The average molecular weight is 512 g/mol. The number of carbonyl (C=O) groups is 1. The highest BCUT2D eigenvalue weighted by molar-refractivity contribution is 14.1. The van der Waals surface area contributed by atoms with Crippen molar-refractivity contribution in [1.29, 1.82) is 0 Å². The molecule has 6 nitrogen and oxygen atoms in total. The summed E-state index contributed by atoms with van der Waals surface area (Å²) >= 11 is 2.25. The molecular weight excluding hydrogens is 483 g/mol. The van der Waals surface area contributed by atoms with Gasteiger partial charge in [-0.3, -0.25) is 0 Å². The van der Waals surface area contributed by atoms with Gasteiger partial charge in [0.25, 0.3) is 0 Å². The highest BCUT2D eigenvalue weighted by atomic mass is 127. The minimum Gasteiger partial charge on any atom is -0.494 e. The number of alkyl carbamates (subject to hydrolysis) is 1. The van der Waals surface area contributed by atoms with Crippen LogP contribution < -0.4 is 20.5 Å². The number of ether oxygens (including phenoxy) is 3. The molecule has 158 valence electrons. The molecule has 3 N–H and O–H groups in total. The minimum absolute atomic E-state index is 0.400. The number of nitrogens with two attached hydrogens (primary N) is 1. The number of benzene rings is 2. The van der Waals surface area contributed by atoms with Crippen molar-refractivity contribution in [1.82, 2.24) is 5.32 Å². The van der Waals surface area contributed by atoms with Gasteiger partial charge >= 0.3 is 6.09 Å². The van der Waals surface area contributed by atoms with Crippen LogP contribution in [0.4, 0.5) is 4.79 Å². The summed E-state index contributed by atoms with van der Waals surface area (Å²) in [4.78, 5) is 11.7. The smallest absolute Gasteiger partial charge is 0.407 e. The first-order valence-corrected chi connectivity index (χ1v) is 10.7. The standard InChI is InChI=1S/C22H29IN2O4/c1-22(2,3)29-21(26)25-13-11-16-5-10-20(19(23)15-16)28-18-8-6-17(7-9-18)27-14-4-12-24/h5-10,15H,4,11-14,24H2,1-3H3,(H,25,26). The fraction of sp³-hybridized carbons (Fsp3) is 0.409. The molecule has 0 aromatic heterocycles. The van der Waals surface area contributed by atoms with Crippen LogP contribution in [0.15, 0.2) is 42.5 Å². The molecule has 0 aliphatic heterocycles. The van der Waals surface area contributed by atoms with Crippen LogP contribution in [0.2, 0.25) is 0 Å². The molecule has 1 amide bonds. The lowest BCUT2D eigenvalue weighted by Gasteiger charge is -2.19. The van der Waals surface area contributed by atoms with Crippen LogP contribution in [0.25, 0.3) is 0 Å². The third-order valence-electron chi connectivity index (χ3n) is 3.75. The molecule has 2 aromatic rings. The van der Waals surface area contributed by atoms with Gasteiger partial charge in [0.15, 0.2) is 0 Å². The number of hydrogen-bond donors (Lipinski definition) is 2. The summed E-state index contributed by atoms with van der Waals surface area (Å²) in [6.07, 6.45) is 1.14. The molecule has 0 spiro atoms. The van der Waals surface area contributed by atoms with Crippen molar-refractivity contribution in [3.63, 3.8) is 0 Å². The van der Waals surface area contributed by atoms with E-state index in [1.54, 1.807) is 0 Å². The van der Waals surface area contributed by atoms with Gasteiger partial charge in [0.1, 0.15) is 22.8 Å². The summed E-state index contributed by atoms with van der Waals surface area (Å²) in [5, 5.41) is 2.77. The normalized spacial score (nSPS) is 11.1. The maximum atomic E-state index is 11.7. The molecule has 0 aliphatic rings. The van der Waals surface area contributed by atoms with Crippen LogP contribution in [0, 0.1) is 3.57 Å². The second kappa shape index (κ2) is 11.3. The lowest BCUT2D eigenvalue weighted by atomic mass is 10.1. The van der Waals surface area contributed by atoms with Gasteiger partial charge in [-0.25, -0.2) is 4.79 Å². The molecule has 0 radical (unpaired) electrons. The second-order valence-electron chi connectivity index (χ2n) is 7.51. The Balaban J connectivity index is 1.85. The molecule has 0 saturated heterocycles. The van der Waals surface area contributed by atoms with Crippen molar-refractivity contribution < 1.29 is 19.0 Å². The van der Waals surface area contributed by atoms with Gasteiger partial charge in [-0.05, 0) is 105 Å². The Hall–Kier alpha value is -2.00. The van der Waals surface area contributed by atoms with E-state index in [4.69, 9.17) is 19.9 Å². The van der Waals surface area contributed by atoms with Gasteiger partial charge in [-0.15, -0.1) is 0 Å². The number of carbonyl (C=O) groups excluding carboxylic acids is 1. The van der Waals surface area contributed by atoms with E-state index in [-0.39, 0.29) is 0 Å². The van der Waals surface area contributed by atoms with Gasteiger partial charge in [0.05, 0.1) is 10.2 Å². The van der Waals surface area contributed by atoms with Gasteiger partial charge in [-0.2, -0.15) is 0 Å². The lowest BCUT2D eigenvalue weighted by molar-refractivity contribution is 0.0528. The molecule has 0 heterocycles. The topological polar surface area (TPSA) is 82.8 Å². The van der Waals surface area contributed by atoms with E-state index in [0.717, 1.165) is 32.8 Å². The molecule has 0 atom stereocenters. The van der Waals surface area contributed by atoms with E-state index in [1.807, 2.05) is 57.2 Å². The highest BCUT2D eigenvalue weighted by Gasteiger charge is 2.15. The van der Waals surface area contributed by atoms with Crippen LogP contribution >= 0.6 is 22.6 Å². The first-order valence-electron chi connectivity index (χ1n) is 9.63. The fourth-order valence-electron chi connectivity index (χ4n) is 2.41. The first-order chi connectivity index (χ1) is 13.8. The third-order valence-corrected chi connectivity index (χ3v) is 4.59. The molecule has 0 bridgehead atoms. The quantitative estimate of drug-likeness (QED) is 0.370. The van der Waals surface area contributed by atoms with Gasteiger partial charge < -0.3 is 25.3 Å². The molecule has 0 unspecified atom stereocenters. The Kier molecular flexibility index (Phi) is 9.03. The van der Waals surface area contributed by atoms with Crippen LogP contribution in [0.5, 0.6) is 17.2 Å². The molecule has 7 heteroatoms. The predicted molar refractivity (Wildman–Crippen MR) is 123 cm³/mol. The van der Waals surface area contributed by atoms with E-state index >= 15 is 0 Å². The number of amides is 1. The summed E-state index contributed by atoms with van der Waals surface area (Å²) in [6, 6.07) is 13.5. The highest BCUT2D eigenvalue weighted by Crippen LogP contribution is 2.29. The Bertz CT molecular complexity index is 788. The van der Waals surface area contributed by atoms with Gasteiger partial charge in [0.2, 0.25) is 0 Å². The zero-order valence-electron chi connectivity index (χ0n) is 17.2. The van der Waals surface area contributed by atoms with E-state index in [0.29, 0.717) is 26.1 Å². The largest absolute Gasteiger partial charge is 0.494 e. The van der Waals surface area contributed by atoms with Crippen LogP contribution in [-0.4, -0.2) is 31.4 Å². The van der Waals surface area contributed by atoms with E-state index in [2.05, 4.69) is 34.0 Å². The van der Waals surface area contributed by atoms with Crippen LogP contribution in [0.3, 0.4) is 0 Å². The van der Waals surface area contributed by atoms with E-state index in [9.17, 15) is 4.79 Å². The van der Waals surface area contributed by atoms with Crippen molar-refractivity contribution in [2.45, 2.75) is 39.2 Å². The average Bonchev–Trinajstić information content (AvgIpc) is 2.64. The summed E-state index contributed by atoms with van der Waals surface area (Å²) in [7, 11) is 0. The third kappa shape index (κ3) is 8.91. The Morgan fingerprint density at radius 3 is 2.41 bits per heavy atom. The SMILES string of the molecule is CC(C)(C)OC(=O)NCCc1ccc(Oc2ccc(OCCCN)cc2)c(I)c1. The second-order valence-corrected chi connectivity index (χ2v) is 8.67. The molecule has 2 aromatic carbocycles. The molecule has 29 heavy (non-hydrogen) atoms. The van der Waals surface area contributed by atoms with Crippen LogP contribution in [-0.2, 0) is 11.2 Å². The number of hydrogen-bond acceptors (Lipinski definition) is 5. The minimum atomic E-state index is -0.493. The van der Waals surface area contributed by atoms with E-state index in [1.165, 1.54) is 0 Å². The van der Waals surface area contributed by atoms with Crippen LogP contribution in [0.1, 0.15) is 32.8 Å². The zero-order valence-corrected chi connectivity index (χ0v) is 19.3. The summed E-state index contributed by atoms with van der Waals surface area (Å²) < 4.78 is 17.8. The predicted octanol–water partition coefficient (Wildman–Crippen LogP) is 4.88. The van der Waals surface area contributed by atoms with Crippen molar-refractivity contribution >= 4 is 28.7 Å². The van der Waals surface area contributed by atoms with Crippen molar-refractivity contribution in [3.05, 3.63) is 51.6 Å². The Labute approximate surface area is 186 Å². The molecule has 2 rings (SSSR count). The summed E-state index contributed by atoms with van der Waals surface area (Å²) in [5.41, 5.74) is 6.08. The summed E-state index contributed by atoms with van der Waals surface area (Å²) in [6.45, 7) is 7.27. The number of halogens is 1. The Morgan fingerprint density at radius 1 is 1.10 bits per heavy atom. The summed E-state index contributed by atoms with van der Waals surface area (Å²) in [5.74, 6) is 2.33.